The lowest BCUT2D eigenvalue weighted by Crippen LogP contribution is -2.41. The Balaban J connectivity index is 1.68. The van der Waals surface area contributed by atoms with E-state index in [1.807, 2.05) is 66.1 Å². The number of rotatable bonds is 6. The molecule has 0 radical (unpaired) electrons. The Morgan fingerprint density at radius 3 is 2.47 bits per heavy atom. The van der Waals surface area contributed by atoms with Crippen molar-refractivity contribution >= 4 is 29.7 Å². The molecule has 0 amide bonds. The van der Waals surface area contributed by atoms with Gasteiger partial charge in [0.15, 0.2) is 0 Å². The van der Waals surface area contributed by atoms with E-state index >= 15 is 0 Å². The molecular weight excluding hydrogens is 463 g/mol. The van der Waals surface area contributed by atoms with Crippen LogP contribution >= 0.6 is 0 Å². The van der Waals surface area contributed by atoms with Crippen LogP contribution in [-0.4, -0.2) is 53.5 Å². The molecule has 1 aromatic heterocycles. The normalized spacial score (nSPS) is 22.6. The summed E-state index contributed by atoms with van der Waals surface area (Å²) in [5.41, 5.74) is 3.12. The first-order valence-corrected chi connectivity index (χ1v) is 12.2. The van der Waals surface area contributed by atoms with Crippen molar-refractivity contribution in [1.82, 2.24) is 14.5 Å². The van der Waals surface area contributed by atoms with E-state index < -0.39 is 24.9 Å². The molecule has 3 aromatic rings. The lowest BCUT2D eigenvalue weighted by atomic mass is 9.79. The van der Waals surface area contributed by atoms with Gasteiger partial charge in [0, 0.05) is 5.56 Å². The van der Waals surface area contributed by atoms with Crippen LogP contribution in [0.5, 0.6) is 5.75 Å². The van der Waals surface area contributed by atoms with Crippen molar-refractivity contribution in [3.05, 3.63) is 59.9 Å². The summed E-state index contributed by atoms with van der Waals surface area (Å²) in [6.45, 7) is 9.10. The predicted octanol–water partition coefficient (Wildman–Crippen LogP) is 5.18. The number of nitrogens with zero attached hydrogens (tertiary/aromatic N) is 3. The summed E-state index contributed by atoms with van der Waals surface area (Å²) < 4.78 is 46.4. The van der Waals surface area contributed by atoms with Gasteiger partial charge in [0.1, 0.15) is 11.6 Å². The van der Waals surface area contributed by atoms with Crippen LogP contribution in [0.25, 0.3) is 17.1 Å². The molecule has 0 spiro atoms. The monoisotopic (exact) mass is 495 g/mol. The van der Waals surface area contributed by atoms with Gasteiger partial charge in [-0.05, 0) is 77.4 Å². The Morgan fingerprint density at radius 2 is 1.86 bits per heavy atom. The molecule has 0 N–H and O–H groups in total. The second-order valence-corrected chi connectivity index (χ2v) is 10.7. The van der Waals surface area contributed by atoms with Crippen molar-refractivity contribution in [2.45, 2.75) is 64.0 Å². The number of hydrogen-bond donors (Lipinski definition) is 0. The summed E-state index contributed by atoms with van der Waals surface area (Å²) >= 11 is 0. The Kier molecular flexibility index (Phi) is 6.01. The Bertz CT molecular complexity index is 1310. The molecule has 2 aliphatic rings. The number of alkyl halides is 2. The zero-order valence-electron chi connectivity index (χ0n) is 21.6. The third-order valence-corrected chi connectivity index (χ3v) is 7.81. The first kappa shape index (κ1) is 24.9. The van der Waals surface area contributed by atoms with Gasteiger partial charge < -0.3 is 18.6 Å². The summed E-state index contributed by atoms with van der Waals surface area (Å²) in [6, 6.07) is 10.9. The van der Waals surface area contributed by atoms with E-state index in [0.29, 0.717) is 12.0 Å². The zero-order chi connectivity index (χ0) is 26.0. The minimum atomic E-state index is -2.93. The summed E-state index contributed by atoms with van der Waals surface area (Å²) in [5, 5.41) is 0. The number of fused-ring (bicyclic) bond motifs is 3. The smallest absolute Gasteiger partial charge is 0.434 e. The second kappa shape index (κ2) is 8.68. The maximum Gasteiger partial charge on any atom is 0.494 e. The highest BCUT2D eigenvalue weighted by atomic mass is 19.3. The average Bonchev–Trinajstić information content (AvgIpc) is 3.41. The van der Waals surface area contributed by atoms with Crippen LogP contribution in [-0.2, 0) is 9.31 Å². The molecule has 2 atom stereocenters. The highest BCUT2D eigenvalue weighted by molar-refractivity contribution is 6.62. The van der Waals surface area contributed by atoms with Gasteiger partial charge in [0.25, 0.3) is 0 Å². The number of ether oxygens (including phenoxy) is 1. The average molecular weight is 495 g/mol. The third-order valence-electron chi connectivity index (χ3n) is 7.81. The molecule has 0 aliphatic carbocycles. The van der Waals surface area contributed by atoms with Gasteiger partial charge in [-0.1, -0.05) is 30.9 Å². The summed E-state index contributed by atoms with van der Waals surface area (Å²) in [7, 11) is 3.48. The van der Waals surface area contributed by atoms with Crippen LogP contribution in [0.2, 0.25) is 0 Å². The number of benzene rings is 2. The zero-order valence-corrected chi connectivity index (χ0v) is 21.6. The molecule has 1 saturated heterocycles. The van der Waals surface area contributed by atoms with Gasteiger partial charge in [-0.3, -0.25) is 4.90 Å². The molecular formula is C27H32BF2N3O3. The summed E-state index contributed by atoms with van der Waals surface area (Å²) in [5.74, 6) is 1.04. The molecule has 36 heavy (non-hydrogen) atoms. The largest absolute Gasteiger partial charge is 0.494 e. The molecule has 9 heteroatoms. The van der Waals surface area contributed by atoms with E-state index in [1.165, 1.54) is 0 Å². The molecule has 5 rings (SSSR count). The molecule has 0 saturated carbocycles. The van der Waals surface area contributed by atoms with E-state index in [0.717, 1.165) is 27.9 Å². The highest BCUT2D eigenvalue weighted by Crippen LogP contribution is 2.47. The first-order valence-electron chi connectivity index (χ1n) is 12.2. The van der Waals surface area contributed by atoms with Gasteiger partial charge in [0.2, 0.25) is 0 Å². The standard InChI is InChI=1S/C27H32BF2N3O3/c1-8-16-10-9-11-22(34-25(29)30)23(16)20-15-21(32(6)7)24-31-18-13-12-17(14-19(18)33(20)24)28-35-26(2,3)27(4,5)36-28/h8-14,20-21,25H,1,15H2,2-7H3. The minimum Gasteiger partial charge on any atom is -0.434 e. The molecule has 2 unspecified atom stereocenters. The fourth-order valence-corrected chi connectivity index (χ4v) is 5.22. The maximum atomic E-state index is 13.4. The van der Waals surface area contributed by atoms with Gasteiger partial charge >= 0.3 is 13.7 Å². The topological polar surface area (TPSA) is 48.8 Å². The van der Waals surface area contributed by atoms with Crippen molar-refractivity contribution in [3.63, 3.8) is 0 Å². The van der Waals surface area contributed by atoms with Crippen molar-refractivity contribution in [2.75, 3.05) is 14.1 Å². The van der Waals surface area contributed by atoms with Crippen LogP contribution in [0.1, 0.15) is 63.2 Å². The predicted molar refractivity (Wildman–Crippen MR) is 138 cm³/mol. The number of aromatic nitrogens is 2. The second-order valence-electron chi connectivity index (χ2n) is 10.7. The fraction of sp³-hybridized carbons (Fsp3) is 0.444. The number of hydrogen-bond acceptors (Lipinski definition) is 5. The quantitative estimate of drug-likeness (QED) is 0.442. The molecule has 2 aromatic carbocycles. The maximum absolute atomic E-state index is 13.4. The van der Waals surface area contributed by atoms with Crippen LogP contribution in [0.4, 0.5) is 8.78 Å². The van der Waals surface area contributed by atoms with Crippen LogP contribution in [0.3, 0.4) is 0 Å². The number of halogens is 2. The minimum absolute atomic E-state index is 0.0000290. The SMILES string of the molecule is C=Cc1cccc(OC(F)F)c1C1CC(N(C)C)c2nc3ccc(B4OC(C)(C)C(C)(C)O4)cc3n21. The molecule has 6 nitrogen and oxygen atoms in total. The summed E-state index contributed by atoms with van der Waals surface area (Å²) in [4.78, 5) is 7.08. The first-order chi connectivity index (χ1) is 16.9. The molecule has 3 heterocycles. The van der Waals surface area contributed by atoms with E-state index in [1.54, 1.807) is 18.2 Å². The van der Waals surface area contributed by atoms with Gasteiger partial charge in [-0.25, -0.2) is 4.98 Å². The van der Waals surface area contributed by atoms with Gasteiger partial charge in [-0.2, -0.15) is 8.78 Å². The number of imidazole rings is 1. The molecule has 2 aliphatic heterocycles. The van der Waals surface area contributed by atoms with Crippen molar-refractivity contribution in [1.29, 1.82) is 0 Å². The Morgan fingerprint density at radius 1 is 1.17 bits per heavy atom. The lowest BCUT2D eigenvalue weighted by molar-refractivity contribution is -0.0507. The van der Waals surface area contributed by atoms with Crippen LogP contribution in [0, 0.1) is 0 Å². The Labute approximate surface area is 211 Å². The van der Waals surface area contributed by atoms with Gasteiger partial charge in [-0.15, -0.1) is 0 Å². The van der Waals surface area contributed by atoms with Crippen molar-refractivity contribution in [2.24, 2.45) is 0 Å². The lowest BCUT2D eigenvalue weighted by Gasteiger charge is -2.32. The third kappa shape index (κ3) is 3.94. The van der Waals surface area contributed by atoms with E-state index in [-0.39, 0.29) is 17.8 Å². The molecule has 0 bridgehead atoms. The van der Waals surface area contributed by atoms with Crippen LogP contribution < -0.4 is 10.2 Å². The molecule has 1 fully saturated rings. The highest BCUT2D eigenvalue weighted by Gasteiger charge is 2.52. The Hall–Kier alpha value is -2.75. The molecule has 190 valence electrons. The van der Waals surface area contributed by atoms with Crippen molar-refractivity contribution in [3.8, 4) is 5.75 Å². The van der Waals surface area contributed by atoms with Gasteiger partial charge in [0.05, 0.1) is 34.3 Å². The van der Waals surface area contributed by atoms with E-state index in [4.69, 9.17) is 19.0 Å². The van der Waals surface area contributed by atoms with E-state index in [2.05, 4.69) is 16.0 Å². The fourth-order valence-electron chi connectivity index (χ4n) is 5.22. The van der Waals surface area contributed by atoms with Crippen molar-refractivity contribution < 1.29 is 22.8 Å². The summed E-state index contributed by atoms with van der Waals surface area (Å²) in [6.07, 6.45) is 2.35. The van der Waals surface area contributed by atoms with Crippen LogP contribution in [0.15, 0.2) is 43.0 Å². The van der Waals surface area contributed by atoms with E-state index in [9.17, 15) is 8.78 Å².